The Labute approximate surface area is 164 Å². The molecular formula is C23H22N2O3. The molecule has 1 fully saturated rings. The van der Waals surface area contributed by atoms with E-state index in [0.29, 0.717) is 18.0 Å². The molecule has 5 heteroatoms. The maximum atomic E-state index is 13.1. The smallest absolute Gasteiger partial charge is 0.232 e. The van der Waals surface area contributed by atoms with E-state index in [1.165, 1.54) is 0 Å². The third-order valence-electron chi connectivity index (χ3n) is 5.30. The Morgan fingerprint density at radius 2 is 1.75 bits per heavy atom. The summed E-state index contributed by atoms with van der Waals surface area (Å²) in [4.78, 5) is 29.0. The van der Waals surface area contributed by atoms with Crippen LogP contribution in [-0.4, -0.2) is 32.5 Å². The largest absolute Gasteiger partial charge is 0.495 e. The number of benzene rings is 3. The number of hydrogen-bond donors (Lipinski definition) is 0. The molecule has 3 aromatic carbocycles. The fourth-order valence-electron chi connectivity index (χ4n) is 3.75. The van der Waals surface area contributed by atoms with Gasteiger partial charge in [-0.15, -0.1) is 0 Å². The van der Waals surface area contributed by atoms with Crippen LogP contribution >= 0.6 is 0 Å². The summed E-state index contributed by atoms with van der Waals surface area (Å²) < 4.78 is 5.37. The normalized spacial score (nSPS) is 16.4. The second-order valence-corrected chi connectivity index (χ2v) is 7.01. The number of anilines is 2. The van der Waals surface area contributed by atoms with Crippen LogP contribution in [0.25, 0.3) is 10.8 Å². The van der Waals surface area contributed by atoms with E-state index in [0.717, 1.165) is 16.5 Å². The molecule has 5 nitrogen and oxygen atoms in total. The lowest BCUT2D eigenvalue weighted by Gasteiger charge is -2.22. The van der Waals surface area contributed by atoms with Gasteiger partial charge in [0.25, 0.3) is 0 Å². The van der Waals surface area contributed by atoms with E-state index < -0.39 is 0 Å². The highest BCUT2D eigenvalue weighted by molar-refractivity contribution is 6.05. The fraction of sp³-hybridized carbons (Fsp3) is 0.217. The maximum absolute atomic E-state index is 13.1. The van der Waals surface area contributed by atoms with Gasteiger partial charge in [0, 0.05) is 25.7 Å². The van der Waals surface area contributed by atoms with Gasteiger partial charge in [-0.1, -0.05) is 42.5 Å². The summed E-state index contributed by atoms with van der Waals surface area (Å²) in [5, 5.41) is 2.21. The average molecular weight is 374 g/mol. The Hall–Kier alpha value is -3.34. The van der Waals surface area contributed by atoms with Gasteiger partial charge in [-0.25, -0.2) is 0 Å². The summed E-state index contributed by atoms with van der Waals surface area (Å²) in [7, 11) is 3.35. The van der Waals surface area contributed by atoms with Crippen LogP contribution in [0.15, 0.2) is 66.7 Å². The molecule has 0 saturated carbocycles. The monoisotopic (exact) mass is 374 g/mol. The highest BCUT2D eigenvalue weighted by Gasteiger charge is 2.37. The van der Waals surface area contributed by atoms with E-state index in [2.05, 4.69) is 0 Å². The van der Waals surface area contributed by atoms with Gasteiger partial charge in [0.2, 0.25) is 11.8 Å². The molecule has 1 unspecified atom stereocenters. The Balaban J connectivity index is 1.55. The lowest BCUT2D eigenvalue weighted by Crippen LogP contribution is -2.34. The van der Waals surface area contributed by atoms with Crippen molar-refractivity contribution in [1.82, 2.24) is 0 Å². The van der Waals surface area contributed by atoms with Crippen LogP contribution in [0.1, 0.15) is 6.42 Å². The fourth-order valence-corrected chi connectivity index (χ4v) is 3.75. The van der Waals surface area contributed by atoms with E-state index in [9.17, 15) is 9.59 Å². The summed E-state index contributed by atoms with van der Waals surface area (Å²) in [6, 6.07) is 21.4. The number of amides is 2. The predicted molar refractivity (Wildman–Crippen MR) is 111 cm³/mol. The standard InChI is InChI=1S/C23H22N2O3/c1-24(19-12-11-16-7-3-4-8-17(16)13-19)23(27)18-14-22(26)25(15-18)20-9-5-6-10-21(20)28-2/h3-13,18H,14-15H2,1-2H3. The second kappa shape index (κ2) is 7.35. The molecule has 1 saturated heterocycles. The van der Waals surface area contributed by atoms with Crippen molar-refractivity contribution in [2.75, 3.05) is 30.5 Å². The van der Waals surface area contributed by atoms with Crippen LogP contribution in [0, 0.1) is 5.92 Å². The van der Waals surface area contributed by atoms with Crippen molar-refractivity contribution >= 4 is 34.0 Å². The minimum atomic E-state index is -0.381. The van der Waals surface area contributed by atoms with Crippen LogP contribution in [0.4, 0.5) is 11.4 Å². The SMILES string of the molecule is COc1ccccc1N1CC(C(=O)N(C)c2ccc3ccccc3c2)CC1=O. The van der Waals surface area contributed by atoms with Gasteiger partial charge in [-0.2, -0.15) is 0 Å². The number of fused-ring (bicyclic) bond motifs is 1. The minimum Gasteiger partial charge on any atom is -0.495 e. The highest BCUT2D eigenvalue weighted by atomic mass is 16.5. The van der Waals surface area contributed by atoms with Crippen molar-refractivity contribution in [2.24, 2.45) is 5.92 Å². The highest BCUT2D eigenvalue weighted by Crippen LogP contribution is 2.34. The first-order chi connectivity index (χ1) is 13.6. The van der Waals surface area contributed by atoms with Gasteiger partial charge in [0.05, 0.1) is 18.7 Å². The number of ether oxygens (including phenoxy) is 1. The Morgan fingerprint density at radius 1 is 1.04 bits per heavy atom. The zero-order chi connectivity index (χ0) is 19.7. The lowest BCUT2D eigenvalue weighted by molar-refractivity contribution is -0.124. The Kier molecular flexibility index (Phi) is 4.74. The molecule has 1 aliphatic heterocycles. The molecule has 1 heterocycles. The van der Waals surface area contributed by atoms with Crippen LogP contribution < -0.4 is 14.5 Å². The number of hydrogen-bond acceptors (Lipinski definition) is 3. The van der Waals surface area contributed by atoms with Crippen LogP contribution in [0.5, 0.6) is 5.75 Å². The third kappa shape index (κ3) is 3.20. The molecule has 0 N–H and O–H groups in total. The maximum Gasteiger partial charge on any atom is 0.232 e. The quantitative estimate of drug-likeness (QED) is 0.697. The topological polar surface area (TPSA) is 49.9 Å². The first kappa shape index (κ1) is 18.0. The molecule has 0 bridgehead atoms. The summed E-state index contributed by atoms with van der Waals surface area (Å²) in [5.74, 6) is 0.136. The number of para-hydroxylation sites is 2. The van der Waals surface area contributed by atoms with E-state index in [-0.39, 0.29) is 24.2 Å². The number of carbonyl (C=O) groups excluding carboxylic acids is 2. The molecule has 0 radical (unpaired) electrons. The van der Waals surface area contributed by atoms with Gasteiger partial charge in [0.1, 0.15) is 5.75 Å². The first-order valence-electron chi connectivity index (χ1n) is 9.28. The summed E-state index contributed by atoms with van der Waals surface area (Å²) >= 11 is 0. The van der Waals surface area contributed by atoms with E-state index >= 15 is 0 Å². The molecule has 0 aromatic heterocycles. The van der Waals surface area contributed by atoms with Crippen molar-refractivity contribution in [3.63, 3.8) is 0 Å². The summed E-state index contributed by atoms with van der Waals surface area (Å²) in [5.41, 5.74) is 1.53. The van der Waals surface area contributed by atoms with Crippen LogP contribution in [0.3, 0.4) is 0 Å². The van der Waals surface area contributed by atoms with Crippen molar-refractivity contribution in [3.05, 3.63) is 66.7 Å². The Morgan fingerprint density at radius 3 is 2.54 bits per heavy atom. The number of rotatable bonds is 4. The molecule has 1 atom stereocenters. The average Bonchev–Trinajstić information content (AvgIpc) is 3.13. The van der Waals surface area contributed by atoms with Crippen molar-refractivity contribution in [1.29, 1.82) is 0 Å². The van der Waals surface area contributed by atoms with E-state index in [4.69, 9.17) is 4.74 Å². The molecule has 0 spiro atoms. The zero-order valence-electron chi connectivity index (χ0n) is 16.0. The number of nitrogens with zero attached hydrogens (tertiary/aromatic N) is 2. The van der Waals surface area contributed by atoms with Gasteiger partial charge in [-0.05, 0) is 35.0 Å². The lowest BCUT2D eigenvalue weighted by atomic mass is 10.1. The molecule has 2 amide bonds. The summed E-state index contributed by atoms with van der Waals surface area (Å²) in [6.45, 7) is 0.357. The van der Waals surface area contributed by atoms with Crippen molar-refractivity contribution in [2.45, 2.75) is 6.42 Å². The molecular weight excluding hydrogens is 352 g/mol. The molecule has 28 heavy (non-hydrogen) atoms. The minimum absolute atomic E-state index is 0.0546. The molecule has 4 rings (SSSR count). The number of methoxy groups -OCH3 is 1. The predicted octanol–water partition coefficient (Wildman–Crippen LogP) is 3.86. The van der Waals surface area contributed by atoms with E-state index in [1.807, 2.05) is 66.7 Å². The molecule has 0 aliphatic carbocycles. The molecule has 142 valence electrons. The third-order valence-corrected chi connectivity index (χ3v) is 5.30. The molecule has 1 aliphatic rings. The van der Waals surface area contributed by atoms with Gasteiger partial charge in [-0.3, -0.25) is 9.59 Å². The van der Waals surface area contributed by atoms with Gasteiger partial charge >= 0.3 is 0 Å². The van der Waals surface area contributed by atoms with Gasteiger partial charge in [0.15, 0.2) is 0 Å². The van der Waals surface area contributed by atoms with Gasteiger partial charge < -0.3 is 14.5 Å². The van der Waals surface area contributed by atoms with Crippen molar-refractivity contribution in [3.8, 4) is 5.75 Å². The first-order valence-corrected chi connectivity index (χ1v) is 9.28. The number of carbonyl (C=O) groups is 2. The van der Waals surface area contributed by atoms with Crippen LogP contribution in [-0.2, 0) is 9.59 Å². The molecule has 3 aromatic rings. The van der Waals surface area contributed by atoms with Crippen LogP contribution in [0.2, 0.25) is 0 Å². The Bertz CT molecular complexity index is 1050. The second-order valence-electron chi connectivity index (χ2n) is 7.01. The summed E-state index contributed by atoms with van der Waals surface area (Å²) in [6.07, 6.45) is 0.203. The van der Waals surface area contributed by atoms with Crippen molar-refractivity contribution < 1.29 is 14.3 Å². The van der Waals surface area contributed by atoms with E-state index in [1.54, 1.807) is 24.0 Å². The zero-order valence-corrected chi connectivity index (χ0v) is 16.0.